The maximum atomic E-state index is 13.7. The second kappa shape index (κ2) is 5.68. The molecule has 2 aliphatic heterocycles. The second-order valence-electron chi connectivity index (χ2n) is 8.26. The lowest BCUT2D eigenvalue weighted by Crippen LogP contribution is -2.55. The van der Waals surface area contributed by atoms with E-state index in [1.54, 1.807) is 26.9 Å². The van der Waals surface area contributed by atoms with Gasteiger partial charge in [0.2, 0.25) is 0 Å². The number of esters is 1. The summed E-state index contributed by atoms with van der Waals surface area (Å²) in [5.74, 6) is -1.98. The van der Waals surface area contributed by atoms with Gasteiger partial charge in [0.15, 0.2) is 32.4 Å². The van der Waals surface area contributed by atoms with Crippen LogP contribution in [-0.4, -0.2) is 50.7 Å². The fourth-order valence-corrected chi connectivity index (χ4v) is 3.78. The third kappa shape index (κ3) is 3.63. The minimum Gasteiger partial charge on any atom is -0.454 e. The molecule has 0 aromatic heterocycles. The number of hydrogen-bond acceptors (Lipinski definition) is 5. The average molecular weight is 370 g/mol. The summed E-state index contributed by atoms with van der Waals surface area (Å²) in [6.45, 7) is 12.1. The van der Waals surface area contributed by atoms with Crippen molar-refractivity contribution >= 4 is 14.3 Å². The molecule has 2 rings (SSSR count). The van der Waals surface area contributed by atoms with Gasteiger partial charge in [-0.25, -0.2) is 4.79 Å². The van der Waals surface area contributed by atoms with Crippen LogP contribution in [0, 0.1) is 0 Å². The SMILES string of the molecule is CC1(C)O[C@@H]2[C@H]([C@H](O[Si](C)(C)C(C)(C)C)C(F)(F)F)OC(=O)[C@@H]2O1. The summed E-state index contributed by atoms with van der Waals surface area (Å²) in [6, 6.07) is 0. The van der Waals surface area contributed by atoms with Gasteiger partial charge in [-0.3, -0.25) is 0 Å². The Morgan fingerprint density at radius 2 is 1.71 bits per heavy atom. The Balaban J connectivity index is 2.31. The van der Waals surface area contributed by atoms with Gasteiger partial charge in [0.1, 0.15) is 6.10 Å². The van der Waals surface area contributed by atoms with Crippen LogP contribution in [0.15, 0.2) is 0 Å². The molecule has 0 aliphatic carbocycles. The van der Waals surface area contributed by atoms with Gasteiger partial charge in [-0.05, 0) is 32.0 Å². The number of alkyl halides is 3. The number of halogens is 3. The van der Waals surface area contributed by atoms with Crippen LogP contribution in [-0.2, 0) is 23.4 Å². The average Bonchev–Trinajstić information content (AvgIpc) is 2.79. The zero-order valence-corrected chi connectivity index (χ0v) is 16.0. The standard InChI is InChI=1S/C15H25F3O5Si/c1-13(2,3)24(6,7)23-11(15(16,17)18)9-8-10(12(19)20-9)22-14(4,5)21-8/h8-11H,1-7H3/t8-,9-,10-,11+/m1/s1. The Morgan fingerprint density at radius 1 is 1.17 bits per heavy atom. The Kier molecular flexibility index (Phi) is 4.66. The zero-order chi connectivity index (χ0) is 18.7. The molecule has 0 N–H and O–H groups in total. The third-order valence-electron chi connectivity index (χ3n) is 4.79. The van der Waals surface area contributed by atoms with E-state index in [0.29, 0.717) is 0 Å². The van der Waals surface area contributed by atoms with Crippen molar-refractivity contribution in [3.8, 4) is 0 Å². The van der Waals surface area contributed by atoms with Crippen LogP contribution in [0.1, 0.15) is 34.6 Å². The molecule has 140 valence electrons. The highest BCUT2D eigenvalue weighted by Gasteiger charge is 2.64. The van der Waals surface area contributed by atoms with Gasteiger partial charge in [0.25, 0.3) is 0 Å². The summed E-state index contributed by atoms with van der Waals surface area (Å²) in [5.41, 5.74) is 0. The first-order valence-electron chi connectivity index (χ1n) is 7.86. The predicted octanol–water partition coefficient (Wildman–Crippen LogP) is 3.38. The summed E-state index contributed by atoms with van der Waals surface area (Å²) >= 11 is 0. The van der Waals surface area contributed by atoms with Crippen molar-refractivity contribution in [3.05, 3.63) is 0 Å². The topological polar surface area (TPSA) is 54.0 Å². The minimum absolute atomic E-state index is 0.426. The Morgan fingerprint density at radius 3 is 2.17 bits per heavy atom. The van der Waals surface area contributed by atoms with Crippen LogP contribution in [0.4, 0.5) is 13.2 Å². The molecule has 0 amide bonds. The molecule has 2 heterocycles. The van der Waals surface area contributed by atoms with Gasteiger partial charge in [-0.2, -0.15) is 13.2 Å². The van der Waals surface area contributed by atoms with Crippen molar-refractivity contribution in [1.29, 1.82) is 0 Å². The first-order chi connectivity index (χ1) is 10.6. The van der Waals surface area contributed by atoms with Crippen molar-refractivity contribution < 1.29 is 36.6 Å². The molecule has 0 radical (unpaired) electrons. The van der Waals surface area contributed by atoms with Crippen LogP contribution >= 0.6 is 0 Å². The Hall–Kier alpha value is -0.643. The lowest BCUT2D eigenvalue weighted by Gasteiger charge is -2.41. The Bertz CT molecular complexity index is 512. The molecule has 0 aromatic carbocycles. The van der Waals surface area contributed by atoms with Gasteiger partial charge in [0, 0.05) is 0 Å². The fourth-order valence-electron chi connectivity index (χ4n) is 2.53. The van der Waals surface area contributed by atoms with Crippen molar-refractivity contribution in [2.45, 2.75) is 89.1 Å². The van der Waals surface area contributed by atoms with Gasteiger partial charge in [-0.15, -0.1) is 0 Å². The highest BCUT2D eigenvalue weighted by Crippen LogP contribution is 2.45. The van der Waals surface area contributed by atoms with Crippen LogP contribution in [0.25, 0.3) is 0 Å². The minimum atomic E-state index is -4.69. The van der Waals surface area contributed by atoms with Gasteiger partial charge >= 0.3 is 12.1 Å². The van der Waals surface area contributed by atoms with E-state index in [2.05, 4.69) is 0 Å². The van der Waals surface area contributed by atoms with E-state index < -0.39 is 55.7 Å². The summed E-state index contributed by atoms with van der Waals surface area (Å²) in [4.78, 5) is 11.9. The molecule has 0 aromatic rings. The van der Waals surface area contributed by atoms with Crippen molar-refractivity contribution in [3.63, 3.8) is 0 Å². The van der Waals surface area contributed by atoms with Crippen LogP contribution in [0.3, 0.4) is 0 Å². The molecule has 9 heteroatoms. The lowest BCUT2D eigenvalue weighted by molar-refractivity contribution is -0.245. The normalized spacial score (nSPS) is 31.8. The van der Waals surface area contributed by atoms with Crippen LogP contribution < -0.4 is 0 Å². The first-order valence-corrected chi connectivity index (χ1v) is 10.8. The number of cyclic esters (lactones) is 1. The molecule has 0 bridgehead atoms. The van der Waals surface area contributed by atoms with Crippen LogP contribution in [0.2, 0.25) is 18.1 Å². The quantitative estimate of drug-likeness (QED) is 0.563. The monoisotopic (exact) mass is 370 g/mol. The number of fused-ring (bicyclic) bond motifs is 1. The summed E-state index contributed by atoms with van der Waals surface area (Å²) in [7, 11) is -2.75. The van der Waals surface area contributed by atoms with E-state index in [-0.39, 0.29) is 0 Å². The molecule has 5 nitrogen and oxygen atoms in total. The third-order valence-corrected chi connectivity index (χ3v) is 9.24. The molecular formula is C15H25F3O5Si. The molecule has 2 aliphatic rings. The number of ether oxygens (including phenoxy) is 3. The molecule has 4 atom stereocenters. The molecule has 0 spiro atoms. The van der Waals surface area contributed by atoms with E-state index in [1.807, 2.05) is 20.8 Å². The molecule has 0 unspecified atom stereocenters. The summed E-state index contributed by atoms with van der Waals surface area (Å²) in [5, 5.41) is -0.426. The van der Waals surface area contributed by atoms with Crippen molar-refractivity contribution in [2.75, 3.05) is 0 Å². The van der Waals surface area contributed by atoms with Crippen molar-refractivity contribution in [2.24, 2.45) is 0 Å². The molecule has 24 heavy (non-hydrogen) atoms. The molecule has 2 fully saturated rings. The molecule has 2 saturated heterocycles. The molecular weight excluding hydrogens is 345 g/mol. The summed E-state index contributed by atoms with van der Waals surface area (Å²) in [6.07, 6.45) is -10.8. The van der Waals surface area contributed by atoms with Crippen molar-refractivity contribution in [1.82, 2.24) is 0 Å². The number of carbonyl (C=O) groups excluding carboxylic acids is 1. The fraction of sp³-hybridized carbons (Fsp3) is 0.933. The van der Waals surface area contributed by atoms with E-state index in [1.165, 1.54) is 0 Å². The van der Waals surface area contributed by atoms with Gasteiger partial charge in [0.05, 0.1) is 0 Å². The zero-order valence-electron chi connectivity index (χ0n) is 15.0. The van der Waals surface area contributed by atoms with Gasteiger partial charge in [-0.1, -0.05) is 20.8 Å². The van der Waals surface area contributed by atoms with Crippen LogP contribution in [0.5, 0.6) is 0 Å². The largest absolute Gasteiger partial charge is 0.454 e. The van der Waals surface area contributed by atoms with E-state index in [4.69, 9.17) is 18.6 Å². The number of rotatable bonds is 3. The predicted molar refractivity (Wildman–Crippen MR) is 81.8 cm³/mol. The second-order valence-corrected chi connectivity index (χ2v) is 13.0. The van der Waals surface area contributed by atoms with E-state index in [9.17, 15) is 18.0 Å². The van der Waals surface area contributed by atoms with E-state index in [0.717, 1.165) is 0 Å². The smallest absolute Gasteiger partial charge is 0.417 e. The number of hydrogen-bond donors (Lipinski definition) is 0. The van der Waals surface area contributed by atoms with E-state index >= 15 is 0 Å². The molecule has 0 saturated carbocycles. The van der Waals surface area contributed by atoms with Gasteiger partial charge < -0.3 is 18.6 Å². The first kappa shape index (κ1) is 19.7. The summed E-state index contributed by atoms with van der Waals surface area (Å²) < 4.78 is 62.4. The number of carbonyl (C=O) groups is 1. The Labute approximate surface area is 140 Å². The lowest BCUT2D eigenvalue weighted by atomic mass is 10.1. The highest BCUT2D eigenvalue weighted by molar-refractivity contribution is 6.74. The maximum Gasteiger partial charge on any atom is 0.417 e. The highest BCUT2D eigenvalue weighted by atomic mass is 28.4. The maximum absolute atomic E-state index is 13.7.